The second kappa shape index (κ2) is 6.17. The number of aliphatic hydroxyl groups is 1. The molecule has 0 atom stereocenters. The molecule has 0 aromatic heterocycles. The summed E-state index contributed by atoms with van der Waals surface area (Å²) in [6.45, 7) is 15.4. The van der Waals surface area contributed by atoms with Crippen LogP contribution in [0.15, 0.2) is 24.3 Å². The van der Waals surface area contributed by atoms with Gasteiger partial charge in [-0.15, -0.1) is 0 Å². The molecule has 1 N–H and O–H groups in total. The molecule has 0 spiro atoms. The third-order valence-corrected chi connectivity index (χ3v) is 5.42. The van der Waals surface area contributed by atoms with Gasteiger partial charge in [0.1, 0.15) is 0 Å². The van der Waals surface area contributed by atoms with Crippen LogP contribution < -0.4 is 10.9 Å². The van der Waals surface area contributed by atoms with Crippen molar-refractivity contribution in [1.29, 1.82) is 0 Å². The first-order valence-electron chi connectivity index (χ1n) is 8.44. The lowest BCUT2D eigenvalue weighted by molar-refractivity contribution is -0.0893. The largest absolute Gasteiger partial charge is 0.494 e. The predicted octanol–water partition coefficient (Wildman–Crippen LogP) is 1.80. The zero-order valence-corrected chi connectivity index (χ0v) is 16.1. The van der Waals surface area contributed by atoms with Crippen LogP contribution in [-0.4, -0.2) is 42.1 Å². The maximum atomic E-state index is 10.1. The highest BCUT2D eigenvalue weighted by Gasteiger charge is 2.51. The molecule has 0 amide bonds. The Kier molecular flexibility index (Phi) is 5.02. The Morgan fingerprint density at radius 3 is 1.83 bits per heavy atom. The molecular weight excluding hydrogens is 302 g/mol. The minimum Gasteiger partial charge on any atom is -0.427 e. The summed E-state index contributed by atoms with van der Waals surface area (Å²) in [7, 11) is 1.31. The van der Waals surface area contributed by atoms with Gasteiger partial charge in [-0.1, -0.05) is 29.7 Å². The van der Waals surface area contributed by atoms with Gasteiger partial charge in [0, 0.05) is 0 Å². The SMILES string of the molecule is CC(C)(O)C(C)(C)O[B]c1ccc(B2OC(C)(C)C(C)(C)O2)cc1. The summed E-state index contributed by atoms with van der Waals surface area (Å²) in [6.07, 6.45) is 0. The molecule has 1 saturated heterocycles. The van der Waals surface area contributed by atoms with Crippen LogP contribution in [0.3, 0.4) is 0 Å². The van der Waals surface area contributed by atoms with Crippen molar-refractivity contribution in [3.63, 3.8) is 0 Å². The zero-order chi connectivity index (χ0) is 18.4. The highest BCUT2D eigenvalue weighted by molar-refractivity contribution is 6.62. The van der Waals surface area contributed by atoms with E-state index in [4.69, 9.17) is 14.0 Å². The fraction of sp³-hybridized carbons (Fsp3) is 0.667. The van der Waals surface area contributed by atoms with Crippen molar-refractivity contribution >= 4 is 25.5 Å². The Bertz CT molecular complexity index is 558. The van der Waals surface area contributed by atoms with E-state index in [-0.39, 0.29) is 18.3 Å². The van der Waals surface area contributed by atoms with Gasteiger partial charge >= 0.3 is 14.6 Å². The van der Waals surface area contributed by atoms with Crippen molar-refractivity contribution < 1.29 is 19.1 Å². The summed E-state index contributed by atoms with van der Waals surface area (Å²) in [5.41, 5.74) is -0.408. The normalized spacial score (nSPS) is 20.3. The Hall–Kier alpha value is -0.810. The topological polar surface area (TPSA) is 47.9 Å². The molecular formula is C18H29B2O4. The molecule has 1 heterocycles. The van der Waals surface area contributed by atoms with Crippen molar-refractivity contribution in [2.75, 3.05) is 0 Å². The van der Waals surface area contributed by atoms with E-state index in [2.05, 4.69) is 0 Å². The molecule has 1 fully saturated rings. The van der Waals surface area contributed by atoms with Crippen molar-refractivity contribution in [2.24, 2.45) is 0 Å². The van der Waals surface area contributed by atoms with Crippen LogP contribution in [0, 0.1) is 0 Å². The van der Waals surface area contributed by atoms with Crippen LogP contribution in [-0.2, 0) is 14.0 Å². The van der Waals surface area contributed by atoms with Gasteiger partial charge in [0.15, 0.2) is 0 Å². The molecule has 1 aromatic carbocycles. The summed E-state index contributed by atoms with van der Waals surface area (Å²) in [5.74, 6) is 0. The number of rotatable bonds is 5. The average molecular weight is 331 g/mol. The first kappa shape index (κ1) is 19.5. The molecule has 1 aliphatic rings. The molecule has 1 radical (unpaired) electrons. The van der Waals surface area contributed by atoms with Gasteiger partial charge < -0.3 is 19.1 Å². The zero-order valence-electron chi connectivity index (χ0n) is 16.1. The molecule has 0 saturated carbocycles. The van der Waals surface area contributed by atoms with E-state index in [1.54, 1.807) is 21.3 Å². The molecule has 0 aliphatic carbocycles. The second-order valence-electron chi connectivity index (χ2n) is 8.56. The predicted molar refractivity (Wildman–Crippen MR) is 99.0 cm³/mol. The molecule has 0 unspecified atom stereocenters. The van der Waals surface area contributed by atoms with Crippen molar-refractivity contribution in [1.82, 2.24) is 0 Å². The highest BCUT2D eigenvalue weighted by Crippen LogP contribution is 2.36. The van der Waals surface area contributed by atoms with E-state index >= 15 is 0 Å². The van der Waals surface area contributed by atoms with Gasteiger partial charge in [0.25, 0.3) is 0 Å². The Balaban J connectivity index is 2.02. The number of benzene rings is 1. The van der Waals surface area contributed by atoms with Crippen LogP contribution in [0.2, 0.25) is 0 Å². The maximum Gasteiger partial charge on any atom is 0.494 e. The summed E-state index contributed by atoms with van der Waals surface area (Å²) in [4.78, 5) is 0. The van der Waals surface area contributed by atoms with Crippen LogP contribution in [0.1, 0.15) is 55.4 Å². The van der Waals surface area contributed by atoms with Gasteiger partial charge in [-0.05, 0) is 60.9 Å². The molecule has 24 heavy (non-hydrogen) atoms. The fourth-order valence-corrected chi connectivity index (χ4v) is 2.07. The number of hydrogen-bond acceptors (Lipinski definition) is 4. The quantitative estimate of drug-likeness (QED) is 0.836. The summed E-state index contributed by atoms with van der Waals surface area (Å²) in [6, 6.07) is 7.88. The molecule has 2 rings (SSSR count). The van der Waals surface area contributed by atoms with Gasteiger partial charge in [-0.2, -0.15) is 0 Å². The smallest absolute Gasteiger partial charge is 0.427 e. The summed E-state index contributed by atoms with van der Waals surface area (Å²) in [5, 5.41) is 10.1. The van der Waals surface area contributed by atoms with Crippen molar-refractivity contribution in [3.05, 3.63) is 24.3 Å². The minimum absolute atomic E-state index is 0.345. The van der Waals surface area contributed by atoms with E-state index in [1.165, 1.54) is 0 Å². The molecule has 0 bridgehead atoms. The van der Waals surface area contributed by atoms with Crippen LogP contribution in [0.25, 0.3) is 0 Å². The molecule has 1 aromatic rings. The third-order valence-electron chi connectivity index (χ3n) is 5.42. The Labute approximate surface area is 147 Å². The summed E-state index contributed by atoms with van der Waals surface area (Å²) < 4.78 is 17.9. The van der Waals surface area contributed by atoms with E-state index in [1.807, 2.05) is 65.8 Å². The molecule has 1 aliphatic heterocycles. The van der Waals surface area contributed by atoms with Crippen LogP contribution in [0.4, 0.5) is 0 Å². The Morgan fingerprint density at radius 1 is 0.958 bits per heavy atom. The second-order valence-corrected chi connectivity index (χ2v) is 8.56. The first-order valence-corrected chi connectivity index (χ1v) is 8.44. The Morgan fingerprint density at radius 2 is 1.42 bits per heavy atom. The van der Waals surface area contributed by atoms with E-state index in [9.17, 15) is 5.11 Å². The number of hydrogen-bond donors (Lipinski definition) is 1. The standard InChI is InChI=1S/C18H29B2O4/c1-15(2,21)16(3,4)22-19-13-9-11-14(12-10-13)20-23-17(5,6)18(7,8)24-20/h9-12,21H,1-8H3. The lowest BCUT2D eigenvalue weighted by atomic mass is 9.76. The molecule has 6 heteroatoms. The highest BCUT2D eigenvalue weighted by atomic mass is 16.7. The first-order chi connectivity index (χ1) is 10.8. The third kappa shape index (κ3) is 3.88. The lowest BCUT2D eigenvalue weighted by Gasteiger charge is -2.37. The van der Waals surface area contributed by atoms with E-state index in [0.717, 1.165) is 10.9 Å². The van der Waals surface area contributed by atoms with Crippen molar-refractivity contribution in [2.45, 2.75) is 77.8 Å². The maximum absolute atomic E-state index is 10.1. The molecule has 131 valence electrons. The molecule has 4 nitrogen and oxygen atoms in total. The van der Waals surface area contributed by atoms with Gasteiger partial charge in [-0.3, -0.25) is 0 Å². The van der Waals surface area contributed by atoms with Crippen LogP contribution >= 0.6 is 0 Å². The van der Waals surface area contributed by atoms with Crippen LogP contribution in [0.5, 0.6) is 0 Å². The van der Waals surface area contributed by atoms with Gasteiger partial charge in [0.2, 0.25) is 0 Å². The lowest BCUT2D eigenvalue weighted by Crippen LogP contribution is -2.49. The monoisotopic (exact) mass is 331 g/mol. The summed E-state index contributed by atoms with van der Waals surface area (Å²) >= 11 is 0. The minimum atomic E-state index is -0.938. The van der Waals surface area contributed by atoms with Gasteiger partial charge in [-0.25, -0.2) is 0 Å². The van der Waals surface area contributed by atoms with Gasteiger partial charge in [0.05, 0.1) is 22.4 Å². The van der Waals surface area contributed by atoms with Crippen molar-refractivity contribution in [3.8, 4) is 0 Å². The fourth-order valence-electron chi connectivity index (χ4n) is 2.07. The van der Waals surface area contributed by atoms with E-state index in [0.29, 0.717) is 0 Å². The van der Waals surface area contributed by atoms with E-state index < -0.39 is 11.2 Å². The average Bonchev–Trinajstić information content (AvgIpc) is 2.65.